The lowest BCUT2D eigenvalue weighted by Gasteiger charge is -2.24. The SMILES string of the molecule is CCOC(=O)C=Cc1ccc(OC2CCCCO2)c(C)c1. The van der Waals surface area contributed by atoms with Gasteiger partial charge in [0.1, 0.15) is 5.75 Å². The zero-order valence-corrected chi connectivity index (χ0v) is 12.6. The fourth-order valence-corrected chi connectivity index (χ4v) is 2.21. The third-order valence-corrected chi connectivity index (χ3v) is 3.29. The Bertz CT molecular complexity index is 502. The summed E-state index contributed by atoms with van der Waals surface area (Å²) in [5.41, 5.74) is 1.97. The average molecular weight is 290 g/mol. The molecule has 0 aromatic heterocycles. The third kappa shape index (κ3) is 4.90. The van der Waals surface area contributed by atoms with Crippen molar-refractivity contribution in [3.8, 4) is 5.75 Å². The highest BCUT2D eigenvalue weighted by molar-refractivity contribution is 5.87. The third-order valence-electron chi connectivity index (χ3n) is 3.29. The van der Waals surface area contributed by atoms with Gasteiger partial charge in [0.2, 0.25) is 0 Å². The van der Waals surface area contributed by atoms with Gasteiger partial charge in [0.25, 0.3) is 0 Å². The van der Waals surface area contributed by atoms with Crippen LogP contribution in [0.2, 0.25) is 0 Å². The molecule has 0 spiro atoms. The Morgan fingerprint density at radius 2 is 2.29 bits per heavy atom. The summed E-state index contributed by atoms with van der Waals surface area (Å²) in [4.78, 5) is 11.3. The zero-order valence-electron chi connectivity index (χ0n) is 12.6. The van der Waals surface area contributed by atoms with Gasteiger partial charge in [-0.15, -0.1) is 0 Å². The number of carbonyl (C=O) groups excluding carboxylic acids is 1. The van der Waals surface area contributed by atoms with Crippen LogP contribution in [0, 0.1) is 6.92 Å². The average Bonchev–Trinajstić information content (AvgIpc) is 2.49. The van der Waals surface area contributed by atoms with Crippen LogP contribution in [-0.2, 0) is 14.3 Å². The lowest BCUT2D eigenvalue weighted by Crippen LogP contribution is -2.25. The number of benzene rings is 1. The number of hydrogen-bond acceptors (Lipinski definition) is 4. The Morgan fingerprint density at radius 3 is 2.95 bits per heavy atom. The van der Waals surface area contributed by atoms with E-state index in [0.717, 1.165) is 42.7 Å². The second-order valence-electron chi connectivity index (χ2n) is 5.02. The minimum atomic E-state index is -0.328. The van der Waals surface area contributed by atoms with Crippen LogP contribution in [0.4, 0.5) is 0 Å². The van der Waals surface area contributed by atoms with Crippen molar-refractivity contribution < 1.29 is 19.0 Å². The minimum absolute atomic E-state index is 0.140. The molecule has 1 unspecified atom stereocenters. The van der Waals surface area contributed by atoms with Crippen LogP contribution in [-0.4, -0.2) is 25.5 Å². The van der Waals surface area contributed by atoms with E-state index in [9.17, 15) is 4.79 Å². The quantitative estimate of drug-likeness (QED) is 0.615. The van der Waals surface area contributed by atoms with Gasteiger partial charge in [0, 0.05) is 12.5 Å². The summed E-state index contributed by atoms with van der Waals surface area (Å²) in [5, 5.41) is 0. The van der Waals surface area contributed by atoms with Crippen molar-refractivity contribution in [2.24, 2.45) is 0 Å². The molecule has 2 rings (SSSR count). The summed E-state index contributed by atoms with van der Waals surface area (Å²) in [5.74, 6) is 0.501. The predicted octanol–water partition coefficient (Wildman–Crippen LogP) is 3.48. The topological polar surface area (TPSA) is 44.8 Å². The van der Waals surface area contributed by atoms with Gasteiger partial charge in [-0.25, -0.2) is 4.79 Å². The van der Waals surface area contributed by atoms with E-state index < -0.39 is 0 Å². The molecule has 1 heterocycles. The summed E-state index contributed by atoms with van der Waals surface area (Å²) in [6, 6.07) is 5.81. The highest BCUT2D eigenvalue weighted by atomic mass is 16.7. The molecule has 1 aromatic carbocycles. The molecule has 114 valence electrons. The standard InChI is InChI=1S/C17H22O4/c1-3-19-16(18)10-8-14-7-9-15(13(2)12-14)21-17-6-4-5-11-20-17/h7-10,12,17H,3-6,11H2,1-2H3. The summed E-state index contributed by atoms with van der Waals surface area (Å²) in [6.45, 7) is 4.93. The van der Waals surface area contributed by atoms with Crippen LogP contribution in [0.15, 0.2) is 24.3 Å². The van der Waals surface area contributed by atoms with Gasteiger partial charge in [-0.1, -0.05) is 6.07 Å². The Hall–Kier alpha value is -1.81. The lowest BCUT2D eigenvalue weighted by atomic mass is 10.1. The summed E-state index contributed by atoms with van der Waals surface area (Å²) >= 11 is 0. The molecule has 0 amide bonds. The first-order chi connectivity index (χ1) is 10.2. The van der Waals surface area contributed by atoms with Crippen LogP contribution in [0.1, 0.15) is 37.3 Å². The maximum atomic E-state index is 11.3. The van der Waals surface area contributed by atoms with Crippen molar-refractivity contribution in [3.63, 3.8) is 0 Å². The fraction of sp³-hybridized carbons (Fsp3) is 0.471. The second kappa shape index (κ2) is 7.84. The maximum Gasteiger partial charge on any atom is 0.330 e. The van der Waals surface area contributed by atoms with Gasteiger partial charge in [-0.05, 0) is 56.0 Å². The van der Waals surface area contributed by atoms with Crippen molar-refractivity contribution >= 4 is 12.0 Å². The molecule has 1 aliphatic rings. The van der Waals surface area contributed by atoms with E-state index in [1.807, 2.05) is 25.1 Å². The van der Waals surface area contributed by atoms with E-state index >= 15 is 0 Å². The van der Waals surface area contributed by atoms with E-state index in [1.54, 1.807) is 13.0 Å². The smallest absolute Gasteiger partial charge is 0.330 e. The minimum Gasteiger partial charge on any atom is -0.465 e. The van der Waals surface area contributed by atoms with E-state index in [2.05, 4.69) is 0 Å². The van der Waals surface area contributed by atoms with Gasteiger partial charge < -0.3 is 14.2 Å². The number of aryl methyl sites for hydroxylation is 1. The van der Waals surface area contributed by atoms with Gasteiger partial charge in [0.15, 0.2) is 6.29 Å². The highest BCUT2D eigenvalue weighted by Crippen LogP contribution is 2.24. The molecule has 4 nitrogen and oxygen atoms in total. The van der Waals surface area contributed by atoms with Crippen molar-refractivity contribution in [2.45, 2.75) is 39.4 Å². The fourth-order valence-electron chi connectivity index (χ4n) is 2.21. The molecule has 1 saturated heterocycles. The number of esters is 1. The van der Waals surface area contributed by atoms with Gasteiger partial charge in [0.05, 0.1) is 13.2 Å². The van der Waals surface area contributed by atoms with Crippen molar-refractivity contribution in [1.82, 2.24) is 0 Å². The Labute approximate surface area is 125 Å². The summed E-state index contributed by atoms with van der Waals surface area (Å²) in [6.07, 6.45) is 6.22. The van der Waals surface area contributed by atoms with Crippen LogP contribution >= 0.6 is 0 Å². The van der Waals surface area contributed by atoms with Crippen LogP contribution in [0.25, 0.3) is 6.08 Å². The molecule has 1 aromatic rings. The first kappa shape index (κ1) is 15.6. The zero-order chi connectivity index (χ0) is 15.1. The number of rotatable bonds is 5. The van der Waals surface area contributed by atoms with E-state index in [0.29, 0.717) is 6.61 Å². The Balaban J connectivity index is 1.98. The molecular formula is C17H22O4. The molecule has 4 heteroatoms. The summed E-state index contributed by atoms with van der Waals surface area (Å²) < 4.78 is 16.3. The summed E-state index contributed by atoms with van der Waals surface area (Å²) in [7, 11) is 0. The predicted molar refractivity (Wildman–Crippen MR) is 81.1 cm³/mol. The maximum absolute atomic E-state index is 11.3. The van der Waals surface area contributed by atoms with Gasteiger partial charge >= 0.3 is 5.97 Å². The van der Waals surface area contributed by atoms with E-state index in [-0.39, 0.29) is 12.3 Å². The molecule has 21 heavy (non-hydrogen) atoms. The molecule has 0 N–H and O–H groups in total. The highest BCUT2D eigenvalue weighted by Gasteiger charge is 2.16. The van der Waals surface area contributed by atoms with Crippen molar-refractivity contribution in [3.05, 3.63) is 35.4 Å². The van der Waals surface area contributed by atoms with Crippen LogP contribution in [0.5, 0.6) is 5.75 Å². The molecule has 1 aliphatic heterocycles. The van der Waals surface area contributed by atoms with Crippen molar-refractivity contribution in [1.29, 1.82) is 0 Å². The van der Waals surface area contributed by atoms with Gasteiger partial charge in [-0.2, -0.15) is 0 Å². The Kier molecular flexibility index (Phi) is 5.81. The largest absolute Gasteiger partial charge is 0.465 e. The molecular weight excluding hydrogens is 268 g/mol. The van der Waals surface area contributed by atoms with Crippen LogP contribution < -0.4 is 4.74 Å². The second-order valence-corrected chi connectivity index (χ2v) is 5.02. The van der Waals surface area contributed by atoms with Crippen LogP contribution in [0.3, 0.4) is 0 Å². The normalized spacial score (nSPS) is 18.7. The monoisotopic (exact) mass is 290 g/mol. The first-order valence-electron chi connectivity index (χ1n) is 7.43. The molecule has 0 aliphatic carbocycles. The number of hydrogen-bond donors (Lipinski definition) is 0. The van der Waals surface area contributed by atoms with Gasteiger partial charge in [-0.3, -0.25) is 0 Å². The number of carbonyl (C=O) groups is 1. The van der Waals surface area contributed by atoms with E-state index in [1.165, 1.54) is 6.08 Å². The molecule has 1 atom stereocenters. The Morgan fingerprint density at radius 1 is 1.43 bits per heavy atom. The molecule has 1 fully saturated rings. The number of ether oxygens (including phenoxy) is 3. The van der Waals surface area contributed by atoms with Crippen molar-refractivity contribution in [2.75, 3.05) is 13.2 Å². The molecule has 0 saturated carbocycles. The lowest BCUT2D eigenvalue weighted by molar-refractivity contribution is -0.137. The van der Waals surface area contributed by atoms with E-state index in [4.69, 9.17) is 14.2 Å². The first-order valence-corrected chi connectivity index (χ1v) is 7.43. The molecule has 0 bridgehead atoms. The molecule has 0 radical (unpaired) electrons.